The van der Waals surface area contributed by atoms with E-state index in [1.54, 1.807) is 11.8 Å². The molecule has 1 aromatic rings. The molecule has 0 saturated carbocycles. The number of rotatable bonds is 2. The van der Waals surface area contributed by atoms with Crippen molar-refractivity contribution in [2.45, 2.75) is 17.9 Å². The van der Waals surface area contributed by atoms with E-state index < -0.39 is 0 Å². The number of carbonyl (C=O) groups is 1. The highest BCUT2D eigenvalue weighted by Gasteiger charge is 2.25. The van der Waals surface area contributed by atoms with E-state index in [1.807, 2.05) is 35.4 Å². The first-order valence-corrected chi connectivity index (χ1v) is 7.11. The summed E-state index contributed by atoms with van der Waals surface area (Å²) in [6, 6.07) is 8.10. The van der Waals surface area contributed by atoms with Gasteiger partial charge in [-0.25, -0.2) is 0 Å². The van der Waals surface area contributed by atoms with Crippen LogP contribution in [0.4, 0.5) is 0 Å². The van der Waals surface area contributed by atoms with Gasteiger partial charge in [0.1, 0.15) is 0 Å². The lowest BCUT2D eigenvalue weighted by molar-refractivity contribution is 0.0652. The number of benzene rings is 1. The van der Waals surface area contributed by atoms with Crippen molar-refractivity contribution in [3.63, 3.8) is 0 Å². The molecule has 5 heteroatoms. The predicted octanol–water partition coefficient (Wildman–Crippen LogP) is 2.26. The van der Waals surface area contributed by atoms with Gasteiger partial charge >= 0.3 is 0 Å². The first kappa shape index (κ1) is 15.3. The molecule has 0 radical (unpaired) electrons. The molecule has 1 heterocycles. The van der Waals surface area contributed by atoms with E-state index in [-0.39, 0.29) is 24.4 Å². The van der Waals surface area contributed by atoms with Crippen LogP contribution < -0.4 is 5.32 Å². The summed E-state index contributed by atoms with van der Waals surface area (Å²) >= 11 is 1.63. The normalized spacial score (nSPS) is 19.2. The Labute approximate surface area is 119 Å². The van der Waals surface area contributed by atoms with Gasteiger partial charge in [0.05, 0.1) is 5.56 Å². The summed E-state index contributed by atoms with van der Waals surface area (Å²) in [5.74, 6) is 0.156. The average molecular weight is 287 g/mol. The quantitative estimate of drug-likeness (QED) is 0.847. The number of hydrogen-bond acceptors (Lipinski definition) is 3. The number of thioether (sulfide) groups is 1. The van der Waals surface area contributed by atoms with E-state index in [1.165, 1.54) is 0 Å². The van der Waals surface area contributed by atoms with Gasteiger partial charge in [0.25, 0.3) is 5.91 Å². The standard InChI is InChI=1S/C13H18N2OS.ClH/c1-10-9-14-7-8-15(10)13(16)11-5-3-4-6-12(11)17-2;/h3-6,10,14H,7-9H2,1-2H3;1H. The zero-order chi connectivity index (χ0) is 12.3. The molecule has 1 aromatic carbocycles. The number of piperazine rings is 1. The fourth-order valence-corrected chi connectivity index (χ4v) is 2.71. The van der Waals surface area contributed by atoms with Gasteiger partial charge in [0.2, 0.25) is 0 Å². The van der Waals surface area contributed by atoms with Gasteiger partial charge in [0.15, 0.2) is 0 Å². The van der Waals surface area contributed by atoms with E-state index in [9.17, 15) is 4.79 Å². The van der Waals surface area contributed by atoms with Gasteiger partial charge in [-0.2, -0.15) is 0 Å². The van der Waals surface area contributed by atoms with Crippen molar-refractivity contribution >= 4 is 30.1 Å². The molecule has 0 aliphatic carbocycles. The summed E-state index contributed by atoms with van der Waals surface area (Å²) in [5, 5.41) is 3.30. The van der Waals surface area contributed by atoms with Crippen LogP contribution in [0.15, 0.2) is 29.2 Å². The lowest BCUT2D eigenvalue weighted by Crippen LogP contribution is -2.52. The molecule has 0 aromatic heterocycles. The third kappa shape index (κ3) is 3.19. The predicted molar refractivity (Wildman–Crippen MR) is 78.8 cm³/mol. The molecule has 0 spiro atoms. The topological polar surface area (TPSA) is 32.3 Å². The van der Waals surface area contributed by atoms with Gasteiger partial charge in [-0.05, 0) is 25.3 Å². The van der Waals surface area contributed by atoms with Crippen LogP contribution in [0.3, 0.4) is 0 Å². The van der Waals surface area contributed by atoms with Crippen LogP contribution in [0, 0.1) is 0 Å². The lowest BCUT2D eigenvalue weighted by atomic mass is 10.1. The SMILES string of the molecule is CSc1ccccc1C(=O)N1CCNCC1C.Cl. The summed E-state index contributed by atoms with van der Waals surface area (Å²) in [5.41, 5.74) is 0.828. The minimum Gasteiger partial charge on any atom is -0.333 e. The summed E-state index contributed by atoms with van der Waals surface area (Å²) in [4.78, 5) is 15.5. The van der Waals surface area contributed by atoms with Crippen molar-refractivity contribution in [1.82, 2.24) is 10.2 Å². The highest BCUT2D eigenvalue weighted by Crippen LogP contribution is 2.22. The highest BCUT2D eigenvalue weighted by atomic mass is 35.5. The molecule has 1 atom stereocenters. The zero-order valence-electron chi connectivity index (χ0n) is 10.7. The summed E-state index contributed by atoms with van der Waals surface area (Å²) in [6.45, 7) is 4.65. The van der Waals surface area contributed by atoms with E-state index >= 15 is 0 Å². The van der Waals surface area contributed by atoms with Crippen molar-refractivity contribution in [2.75, 3.05) is 25.9 Å². The lowest BCUT2D eigenvalue weighted by Gasteiger charge is -2.34. The van der Waals surface area contributed by atoms with Crippen LogP contribution in [0.2, 0.25) is 0 Å². The van der Waals surface area contributed by atoms with Crippen LogP contribution in [-0.2, 0) is 0 Å². The number of nitrogens with one attached hydrogen (secondary N) is 1. The Morgan fingerprint density at radius 1 is 1.44 bits per heavy atom. The number of halogens is 1. The summed E-state index contributed by atoms with van der Waals surface area (Å²) < 4.78 is 0. The molecule has 1 aliphatic heterocycles. The van der Waals surface area contributed by atoms with E-state index in [2.05, 4.69) is 12.2 Å². The molecule has 1 N–H and O–H groups in total. The summed E-state index contributed by atoms with van der Waals surface area (Å²) in [6.07, 6.45) is 2.01. The van der Waals surface area contributed by atoms with Gasteiger partial charge in [-0.1, -0.05) is 12.1 Å². The Balaban J connectivity index is 0.00000162. The maximum Gasteiger partial charge on any atom is 0.255 e. The zero-order valence-corrected chi connectivity index (χ0v) is 12.3. The summed E-state index contributed by atoms with van der Waals surface area (Å²) in [7, 11) is 0. The highest BCUT2D eigenvalue weighted by molar-refractivity contribution is 7.98. The van der Waals surface area contributed by atoms with Crippen molar-refractivity contribution in [3.05, 3.63) is 29.8 Å². The van der Waals surface area contributed by atoms with Crippen molar-refractivity contribution in [1.29, 1.82) is 0 Å². The fraction of sp³-hybridized carbons (Fsp3) is 0.462. The smallest absolute Gasteiger partial charge is 0.255 e. The average Bonchev–Trinajstić information content (AvgIpc) is 2.38. The molecule has 2 rings (SSSR count). The Bertz CT molecular complexity index is 414. The molecule has 100 valence electrons. The molecule has 0 bridgehead atoms. The Morgan fingerprint density at radius 3 is 2.83 bits per heavy atom. The van der Waals surface area contributed by atoms with Gasteiger partial charge < -0.3 is 10.2 Å². The Kier molecular flexibility index (Phi) is 5.99. The van der Waals surface area contributed by atoms with E-state index in [0.29, 0.717) is 0 Å². The van der Waals surface area contributed by atoms with E-state index in [0.717, 1.165) is 30.1 Å². The van der Waals surface area contributed by atoms with E-state index in [4.69, 9.17) is 0 Å². The second-order valence-electron chi connectivity index (χ2n) is 4.25. The Morgan fingerprint density at radius 2 is 2.17 bits per heavy atom. The first-order chi connectivity index (χ1) is 8.24. The number of hydrogen-bond donors (Lipinski definition) is 1. The number of amides is 1. The second-order valence-corrected chi connectivity index (χ2v) is 5.10. The second kappa shape index (κ2) is 7.02. The molecule has 3 nitrogen and oxygen atoms in total. The Hall–Kier alpha value is -0.710. The molecule has 18 heavy (non-hydrogen) atoms. The molecule has 1 aliphatic rings. The van der Waals surface area contributed by atoms with Crippen LogP contribution in [0.5, 0.6) is 0 Å². The largest absolute Gasteiger partial charge is 0.333 e. The fourth-order valence-electron chi connectivity index (χ4n) is 2.12. The van der Waals surface area contributed by atoms with Crippen molar-refractivity contribution < 1.29 is 4.79 Å². The molecular weight excluding hydrogens is 268 g/mol. The van der Waals surface area contributed by atoms with Crippen molar-refractivity contribution in [3.8, 4) is 0 Å². The van der Waals surface area contributed by atoms with Crippen LogP contribution >= 0.6 is 24.2 Å². The third-order valence-electron chi connectivity index (χ3n) is 3.10. The molecule has 1 unspecified atom stereocenters. The molecule has 1 amide bonds. The third-order valence-corrected chi connectivity index (χ3v) is 3.90. The molecular formula is C13H19ClN2OS. The van der Waals surface area contributed by atoms with Crippen LogP contribution in [-0.4, -0.2) is 42.7 Å². The maximum atomic E-state index is 12.5. The van der Waals surface area contributed by atoms with Crippen LogP contribution in [0.1, 0.15) is 17.3 Å². The van der Waals surface area contributed by atoms with Crippen LogP contribution in [0.25, 0.3) is 0 Å². The maximum absolute atomic E-state index is 12.5. The van der Waals surface area contributed by atoms with Gasteiger partial charge in [-0.15, -0.1) is 24.2 Å². The van der Waals surface area contributed by atoms with Gasteiger partial charge in [0, 0.05) is 30.6 Å². The first-order valence-electron chi connectivity index (χ1n) is 5.88. The van der Waals surface area contributed by atoms with Crippen molar-refractivity contribution in [2.24, 2.45) is 0 Å². The minimum absolute atomic E-state index is 0. The molecule has 1 saturated heterocycles. The molecule has 1 fully saturated rings. The minimum atomic E-state index is 0. The number of nitrogens with zero attached hydrogens (tertiary/aromatic N) is 1. The van der Waals surface area contributed by atoms with Gasteiger partial charge in [-0.3, -0.25) is 4.79 Å². The monoisotopic (exact) mass is 286 g/mol. The number of carbonyl (C=O) groups excluding carboxylic acids is 1.